The van der Waals surface area contributed by atoms with Gasteiger partial charge in [-0.15, -0.1) is 0 Å². The monoisotopic (exact) mass is 490 g/mol. The fraction of sp³-hybridized carbons (Fsp3) is 0.500. The van der Waals surface area contributed by atoms with Crippen molar-refractivity contribution in [2.75, 3.05) is 39.6 Å². The van der Waals surface area contributed by atoms with Gasteiger partial charge in [0.25, 0.3) is 0 Å². The zero-order chi connectivity index (χ0) is 24.5. The standard InChI is InChI=1S/C26H29F3N2O4/c27-26(28,29)25(8-11-31(17-25)15-19-4-2-1-3-5-19)23(32)30-16-24(9-12-33-13-10-24)20-6-7-21-22(14-20)35-18-34-21/h1-7,14H,8-13,15-18H2,(H,30,32). The van der Waals surface area contributed by atoms with Crippen molar-refractivity contribution in [1.29, 1.82) is 0 Å². The molecule has 1 amide bonds. The molecule has 188 valence electrons. The number of carbonyl (C=O) groups is 1. The minimum atomic E-state index is -4.65. The van der Waals surface area contributed by atoms with Crippen molar-refractivity contribution in [3.05, 3.63) is 59.7 Å². The first-order valence-electron chi connectivity index (χ1n) is 11.9. The molecule has 0 bridgehead atoms. The third-order valence-corrected chi connectivity index (χ3v) is 7.60. The van der Waals surface area contributed by atoms with Crippen LogP contribution in [-0.2, 0) is 21.5 Å². The van der Waals surface area contributed by atoms with Gasteiger partial charge in [0.2, 0.25) is 12.7 Å². The molecule has 0 radical (unpaired) electrons. The number of halogens is 3. The minimum Gasteiger partial charge on any atom is -0.454 e. The summed E-state index contributed by atoms with van der Waals surface area (Å²) in [5.74, 6) is 0.298. The van der Waals surface area contributed by atoms with Gasteiger partial charge in [-0.2, -0.15) is 13.2 Å². The lowest BCUT2D eigenvalue weighted by atomic mass is 9.73. The molecule has 1 N–H and O–H groups in total. The molecule has 2 aromatic carbocycles. The van der Waals surface area contributed by atoms with E-state index in [9.17, 15) is 18.0 Å². The van der Waals surface area contributed by atoms with E-state index >= 15 is 0 Å². The third kappa shape index (κ3) is 4.59. The van der Waals surface area contributed by atoms with Gasteiger partial charge in [0.15, 0.2) is 16.9 Å². The van der Waals surface area contributed by atoms with Crippen molar-refractivity contribution in [3.63, 3.8) is 0 Å². The maximum Gasteiger partial charge on any atom is 0.404 e. The highest BCUT2D eigenvalue weighted by molar-refractivity contribution is 5.84. The fourth-order valence-electron chi connectivity index (χ4n) is 5.39. The van der Waals surface area contributed by atoms with Crippen LogP contribution in [0.5, 0.6) is 11.5 Å². The summed E-state index contributed by atoms with van der Waals surface area (Å²) in [5, 5.41) is 2.72. The van der Waals surface area contributed by atoms with Crippen LogP contribution in [0.4, 0.5) is 13.2 Å². The number of rotatable bonds is 6. The summed E-state index contributed by atoms with van der Waals surface area (Å²) in [6.07, 6.45) is -3.72. The zero-order valence-electron chi connectivity index (χ0n) is 19.4. The van der Waals surface area contributed by atoms with Crippen LogP contribution in [-0.4, -0.2) is 56.6 Å². The molecule has 0 aliphatic carbocycles. The van der Waals surface area contributed by atoms with Gasteiger partial charge >= 0.3 is 6.18 Å². The number of hydrogen-bond acceptors (Lipinski definition) is 5. The summed E-state index contributed by atoms with van der Waals surface area (Å²) in [4.78, 5) is 15.0. The first-order valence-corrected chi connectivity index (χ1v) is 11.9. The molecule has 1 unspecified atom stereocenters. The van der Waals surface area contributed by atoms with Crippen LogP contribution >= 0.6 is 0 Å². The molecule has 3 aliphatic rings. The molecule has 2 fully saturated rings. The van der Waals surface area contributed by atoms with Gasteiger partial charge in [-0.25, -0.2) is 0 Å². The molecular formula is C26H29F3N2O4. The van der Waals surface area contributed by atoms with E-state index < -0.39 is 22.9 Å². The van der Waals surface area contributed by atoms with Crippen molar-refractivity contribution < 1.29 is 32.2 Å². The van der Waals surface area contributed by atoms with Crippen LogP contribution in [0.25, 0.3) is 0 Å². The largest absolute Gasteiger partial charge is 0.454 e. The fourth-order valence-corrected chi connectivity index (χ4v) is 5.39. The maximum atomic E-state index is 14.4. The van der Waals surface area contributed by atoms with Gasteiger partial charge in [0.05, 0.1) is 0 Å². The average Bonchev–Trinajstić information content (AvgIpc) is 3.51. The molecule has 0 spiro atoms. The number of nitrogens with zero attached hydrogens (tertiary/aromatic N) is 1. The van der Waals surface area contributed by atoms with Crippen LogP contribution < -0.4 is 14.8 Å². The Labute approximate surface area is 202 Å². The van der Waals surface area contributed by atoms with Gasteiger partial charge in [-0.05, 0) is 49.1 Å². The second kappa shape index (κ2) is 9.35. The van der Waals surface area contributed by atoms with E-state index in [-0.39, 0.29) is 32.8 Å². The lowest BCUT2D eigenvalue weighted by molar-refractivity contribution is -0.218. The second-order valence-electron chi connectivity index (χ2n) is 9.67. The summed E-state index contributed by atoms with van der Waals surface area (Å²) in [7, 11) is 0. The summed E-state index contributed by atoms with van der Waals surface area (Å²) >= 11 is 0. The van der Waals surface area contributed by atoms with E-state index in [4.69, 9.17) is 14.2 Å². The lowest BCUT2D eigenvalue weighted by Gasteiger charge is -2.39. The number of amides is 1. The Morgan fingerprint density at radius 1 is 1.00 bits per heavy atom. The van der Waals surface area contributed by atoms with Crippen molar-refractivity contribution in [3.8, 4) is 11.5 Å². The Morgan fingerprint density at radius 3 is 2.49 bits per heavy atom. The van der Waals surface area contributed by atoms with Crippen LogP contribution in [0.2, 0.25) is 0 Å². The number of ether oxygens (including phenoxy) is 3. The molecule has 3 aliphatic heterocycles. The highest BCUT2D eigenvalue weighted by atomic mass is 19.4. The normalized spacial score (nSPS) is 23.9. The van der Waals surface area contributed by atoms with Crippen molar-refractivity contribution >= 4 is 5.91 Å². The SMILES string of the molecule is O=C(NCC1(c2ccc3c(c2)OCO3)CCOCC1)C1(C(F)(F)F)CCN(Cc2ccccc2)C1. The van der Waals surface area contributed by atoms with E-state index in [2.05, 4.69) is 5.32 Å². The summed E-state index contributed by atoms with van der Waals surface area (Å²) in [6.45, 7) is 1.43. The predicted octanol–water partition coefficient (Wildman–Crippen LogP) is 4.03. The summed E-state index contributed by atoms with van der Waals surface area (Å²) < 4.78 is 59.6. The average molecular weight is 491 g/mol. The first kappa shape index (κ1) is 23.9. The van der Waals surface area contributed by atoms with Crippen molar-refractivity contribution in [2.24, 2.45) is 5.41 Å². The smallest absolute Gasteiger partial charge is 0.404 e. The molecule has 1 atom stereocenters. The number of carbonyl (C=O) groups excluding carboxylic acids is 1. The molecule has 0 aromatic heterocycles. The molecule has 35 heavy (non-hydrogen) atoms. The maximum absolute atomic E-state index is 14.4. The molecule has 2 aromatic rings. The highest BCUT2D eigenvalue weighted by Gasteiger charge is 2.63. The Balaban J connectivity index is 1.34. The van der Waals surface area contributed by atoms with Gasteiger partial charge in [-0.1, -0.05) is 36.4 Å². The van der Waals surface area contributed by atoms with Gasteiger partial charge < -0.3 is 19.5 Å². The highest BCUT2D eigenvalue weighted by Crippen LogP contribution is 2.47. The van der Waals surface area contributed by atoms with Crippen LogP contribution in [0.1, 0.15) is 30.4 Å². The number of alkyl halides is 3. The molecule has 9 heteroatoms. The Kier molecular flexibility index (Phi) is 6.40. The van der Waals surface area contributed by atoms with Gasteiger partial charge in [0.1, 0.15) is 0 Å². The van der Waals surface area contributed by atoms with Gasteiger partial charge in [0, 0.05) is 38.3 Å². The van der Waals surface area contributed by atoms with E-state index in [1.165, 1.54) is 0 Å². The minimum absolute atomic E-state index is 0.103. The molecule has 5 rings (SSSR count). The molecular weight excluding hydrogens is 461 g/mol. The molecule has 2 saturated heterocycles. The topological polar surface area (TPSA) is 60.0 Å². The van der Waals surface area contributed by atoms with Gasteiger partial charge in [-0.3, -0.25) is 9.69 Å². The predicted molar refractivity (Wildman–Crippen MR) is 122 cm³/mol. The van der Waals surface area contributed by atoms with E-state index in [1.807, 2.05) is 48.5 Å². The first-order chi connectivity index (χ1) is 16.8. The van der Waals surface area contributed by atoms with Crippen molar-refractivity contribution in [1.82, 2.24) is 10.2 Å². The van der Waals surface area contributed by atoms with Crippen LogP contribution in [0, 0.1) is 5.41 Å². The number of fused-ring (bicyclic) bond motifs is 1. The lowest BCUT2D eigenvalue weighted by Crippen LogP contribution is -2.55. The molecule has 6 nitrogen and oxygen atoms in total. The molecule has 0 saturated carbocycles. The second-order valence-corrected chi connectivity index (χ2v) is 9.67. The summed E-state index contributed by atoms with van der Waals surface area (Å²) in [6, 6.07) is 14.9. The van der Waals surface area contributed by atoms with Crippen LogP contribution in [0.3, 0.4) is 0 Å². The van der Waals surface area contributed by atoms with E-state index in [1.54, 1.807) is 4.90 Å². The number of nitrogens with one attached hydrogen (secondary N) is 1. The Morgan fingerprint density at radius 2 is 1.74 bits per heavy atom. The summed E-state index contributed by atoms with van der Waals surface area (Å²) in [5.41, 5.74) is -1.13. The third-order valence-electron chi connectivity index (χ3n) is 7.60. The zero-order valence-corrected chi connectivity index (χ0v) is 19.4. The number of hydrogen-bond donors (Lipinski definition) is 1. The number of likely N-dealkylation sites (tertiary alicyclic amines) is 1. The van der Waals surface area contributed by atoms with Crippen LogP contribution in [0.15, 0.2) is 48.5 Å². The van der Waals surface area contributed by atoms with Crippen molar-refractivity contribution in [2.45, 2.75) is 37.4 Å². The quantitative estimate of drug-likeness (QED) is 0.663. The van der Waals surface area contributed by atoms with E-state index in [0.29, 0.717) is 44.1 Å². The van der Waals surface area contributed by atoms with E-state index in [0.717, 1.165) is 11.1 Å². The Bertz CT molecular complexity index is 1060. The number of benzene rings is 2. The molecule has 3 heterocycles. The Hall–Kier alpha value is -2.78.